The van der Waals surface area contributed by atoms with E-state index in [2.05, 4.69) is 6.92 Å². The third kappa shape index (κ3) is 3.85. The summed E-state index contributed by atoms with van der Waals surface area (Å²) in [4.78, 5) is 14.9. The van der Waals surface area contributed by atoms with Crippen LogP contribution in [0.15, 0.2) is 24.3 Å². The van der Waals surface area contributed by atoms with Gasteiger partial charge in [0, 0.05) is 12.1 Å². The van der Waals surface area contributed by atoms with Crippen LogP contribution in [-0.2, 0) is 9.47 Å². The minimum Gasteiger partial charge on any atom is -0.494 e. The van der Waals surface area contributed by atoms with E-state index in [1.54, 1.807) is 0 Å². The van der Waals surface area contributed by atoms with Crippen molar-refractivity contribution >= 4 is 5.91 Å². The summed E-state index contributed by atoms with van der Waals surface area (Å²) in [5.41, 5.74) is 0.670. The van der Waals surface area contributed by atoms with Gasteiger partial charge in [-0.15, -0.1) is 0 Å². The molecule has 126 valence electrons. The molecule has 0 aromatic heterocycles. The fourth-order valence-corrected chi connectivity index (χ4v) is 3.20. The van der Waals surface area contributed by atoms with Crippen LogP contribution in [0.4, 0.5) is 0 Å². The zero-order chi connectivity index (χ0) is 16.1. The number of nitrogens with zero attached hydrogens (tertiary/aromatic N) is 1. The Hall–Kier alpha value is -1.59. The monoisotopic (exact) mass is 319 g/mol. The number of benzene rings is 1. The largest absolute Gasteiger partial charge is 0.494 e. The summed E-state index contributed by atoms with van der Waals surface area (Å²) in [6.07, 6.45) is 3.74. The molecule has 2 fully saturated rings. The fourth-order valence-electron chi connectivity index (χ4n) is 3.20. The Morgan fingerprint density at radius 1 is 1.30 bits per heavy atom. The van der Waals surface area contributed by atoms with E-state index in [1.165, 1.54) is 0 Å². The van der Waals surface area contributed by atoms with E-state index >= 15 is 0 Å². The van der Waals surface area contributed by atoms with Gasteiger partial charge in [0.05, 0.1) is 25.9 Å². The molecule has 5 heteroatoms. The molecule has 1 amide bonds. The number of amides is 1. The van der Waals surface area contributed by atoms with E-state index in [9.17, 15) is 4.79 Å². The molecule has 1 aromatic rings. The molecule has 1 aromatic carbocycles. The smallest absolute Gasteiger partial charge is 0.254 e. The highest BCUT2D eigenvalue weighted by molar-refractivity contribution is 5.95. The van der Waals surface area contributed by atoms with Crippen LogP contribution in [0.5, 0.6) is 5.75 Å². The van der Waals surface area contributed by atoms with Crippen LogP contribution in [0.2, 0.25) is 0 Å². The lowest BCUT2D eigenvalue weighted by Crippen LogP contribution is -2.50. The number of rotatable bonds is 5. The highest BCUT2D eigenvalue weighted by Gasteiger charge is 2.36. The van der Waals surface area contributed by atoms with Crippen LogP contribution in [0, 0.1) is 0 Å². The van der Waals surface area contributed by atoms with Gasteiger partial charge in [-0.1, -0.05) is 13.0 Å². The van der Waals surface area contributed by atoms with Gasteiger partial charge in [0.25, 0.3) is 5.91 Å². The molecule has 0 N–H and O–H groups in total. The molecule has 23 heavy (non-hydrogen) atoms. The zero-order valence-electron chi connectivity index (χ0n) is 13.7. The van der Waals surface area contributed by atoms with Crippen molar-refractivity contribution in [3.05, 3.63) is 29.8 Å². The number of hydrogen-bond donors (Lipinski definition) is 0. The maximum Gasteiger partial charge on any atom is 0.254 e. The number of ether oxygens (including phenoxy) is 3. The van der Waals surface area contributed by atoms with Crippen molar-refractivity contribution in [2.75, 3.05) is 26.4 Å². The molecule has 0 aliphatic carbocycles. The first-order chi connectivity index (χ1) is 11.3. The summed E-state index contributed by atoms with van der Waals surface area (Å²) >= 11 is 0. The topological polar surface area (TPSA) is 48.0 Å². The third-order valence-corrected chi connectivity index (χ3v) is 4.33. The summed E-state index contributed by atoms with van der Waals surface area (Å²) in [7, 11) is 0. The first kappa shape index (κ1) is 16.3. The fraction of sp³-hybridized carbons (Fsp3) is 0.611. The molecule has 3 rings (SSSR count). The van der Waals surface area contributed by atoms with Crippen molar-refractivity contribution in [1.82, 2.24) is 4.90 Å². The van der Waals surface area contributed by atoms with E-state index in [0.717, 1.165) is 38.0 Å². The molecule has 1 unspecified atom stereocenters. The second kappa shape index (κ2) is 7.79. The Bertz CT molecular complexity index is 528. The Morgan fingerprint density at radius 2 is 2.13 bits per heavy atom. The zero-order valence-corrected chi connectivity index (χ0v) is 13.7. The van der Waals surface area contributed by atoms with Crippen molar-refractivity contribution in [3.8, 4) is 5.75 Å². The van der Waals surface area contributed by atoms with Crippen LogP contribution in [-0.4, -0.2) is 49.5 Å². The van der Waals surface area contributed by atoms with Gasteiger partial charge in [0.2, 0.25) is 0 Å². The number of carbonyl (C=O) groups excluding carboxylic acids is 1. The summed E-state index contributed by atoms with van der Waals surface area (Å²) in [5.74, 6) is 0.787. The number of hydrogen-bond acceptors (Lipinski definition) is 4. The number of piperidine rings is 1. The molecule has 2 aliphatic rings. The van der Waals surface area contributed by atoms with Gasteiger partial charge in [-0.25, -0.2) is 0 Å². The molecule has 0 spiro atoms. The van der Waals surface area contributed by atoms with Gasteiger partial charge in [0.1, 0.15) is 5.75 Å². The maximum absolute atomic E-state index is 13.0. The normalized spacial score (nSPS) is 22.3. The molecule has 0 saturated carbocycles. The van der Waals surface area contributed by atoms with Crippen molar-refractivity contribution in [2.24, 2.45) is 0 Å². The van der Waals surface area contributed by atoms with Crippen LogP contribution in [0.25, 0.3) is 0 Å². The Kier molecular flexibility index (Phi) is 5.51. The SMILES string of the molecule is CCCOc1cccc(C(=O)N2CCCCC2C2OCCO2)c1. The van der Waals surface area contributed by atoms with Crippen molar-refractivity contribution in [2.45, 2.75) is 44.9 Å². The average molecular weight is 319 g/mol. The van der Waals surface area contributed by atoms with E-state index in [1.807, 2.05) is 29.2 Å². The highest BCUT2D eigenvalue weighted by Crippen LogP contribution is 2.26. The molecule has 2 heterocycles. The predicted molar refractivity (Wildman–Crippen MR) is 86.6 cm³/mol. The van der Waals surface area contributed by atoms with Gasteiger partial charge in [-0.3, -0.25) is 4.79 Å². The molecule has 0 bridgehead atoms. The second-order valence-corrected chi connectivity index (χ2v) is 6.05. The lowest BCUT2D eigenvalue weighted by atomic mass is 10.00. The Morgan fingerprint density at radius 3 is 2.91 bits per heavy atom. The van der Waals surface area contributed by atoms with Crippen LogP contribution in [0.3, 0.4) is 0 Å². The summed E-state index contributed by atoms with van der Waals surface area (Å²) < 4.78 is 16.9. The minimum atomic E-state index is -0.279. The van der Waals surface area contributed by atoms with Crippen molar-refractivity contribution < 1.29 is 19.0 Å². The quantitative estimate of drug-likeness (QED) is 0.837. The molecule has 0 radical (unpaired) electrons. The van der Waals surface area contributed by atoms with Crippen molar-refractivity contribution in [1.29, 1.82) is 0 Å². The Balaban J connectivity index is 1.74. The molecular weight excluding hydrogens is 294 g/mol. The van der Waals surface area contributed by atoms with Crippen LogP contribution in [0.1, 0.15) is 43.0 Å². The van der Waals surface area contributed by atoms with Gasteiger partial charge in [0.15, 0.2) is 6.29 Å². The minimum absolute atomic E-state index is 0.0129. The third-order valence-electron chi connectivity index (χ3n) is 4.33. The van der Waals surface area contributed by atoms with Gasteiger partial charge < -0.3 is 19.1 Å². The predicted octanol–water partition coefficient (Wildman–Crippen LogP) is 2.84. The first-order valence-corrected chi connectivity index (χ1v) is 8.56. The maximum atomic E-state index is 13.0. The van der Waals surface area contributed by atoms with E-state index < -0.39 is 0 Å². The standard InChI is InChI=1S/C18H25NO4/c1-2-10-21-15-7-5-6-14(13-15)17(20)19-9-4-3-8-16(19)18-22-11-12-23-18/h5-7,13,16,18H,2-4,8-12H2,1H3. The van der Waals surface area contributed by atoms with Gasteiger partial charge >= 0.3 is 0 Å². The molecule has 1 atom stereocenters. The number of likely N-dealkylation sites (tertiary alicyclic amines) is 1. The van der Waals surface area contributed by atoms with E-state index in [4.69, 9.17) is 14.2 Å². The van der Waals surface area contributed by atoms with Crippen molar-refractivity contribution in [3.63, 3.8) is 0 Å². The van der Waals surface area contributed by atoms with Gasteiger partial charge in [-0.2, -0.15) is 0 Å². The first-order valence-electron chi connectivity index (χ1n) is 8.56. The highest BCUT2D eigenvalue weighted by atomic mass is 16.7. The van der Waals surface area contributed by atoms with Crippen LogP contribution < -0.4 is 4.74 Å². The average Bonchev–Trinajstić information content (AvgIpc) is 3.14. The molecular formula is C18H25NO4. The molecule has 2 aliphatic heterocycles. The molecule has 5 nitrogen and oxygen atoms in total. The van der Waals surface area contributed by atoms with E-state index in [0.29, 0.717) is 25.4 Å². The second-order valence-electron chi connectivity index (χ2n) is 6.05. The van der Waals surface area contributed by atoms with Crippen LogP contribution >= 0.6 is 0 Å². The Labute approximate surface area is 137 Å². The van der Waals surface area contributed by atoms with E-state index in [-0.39, 0.29) is 18.2 Å². The summed E-state index contributed by atoms with van der Waals surface area (Å²) in [6, 6.07) is 7.46. The van der Waals surface area contributed by atoms with Gasteiger partial charge in [-0.05, 0) is 43.9 Å². The summed E-state index contributed by atoms with van der Waals surface area (Å²) in [6.45, 7) is 4.71. The molecule has 2 saturated heterocycles. The lowest BCUT2D eigenvalue weighted by molar-refractivity contribution is -0.100. The number of carbonyl (C=O) groups is 1. The summed E-state index contributed by atoms with van der Waals surface area (Å²) in [5, 5.41) is 0. The lowest BCUT2D eigenvalue weighted by Gasteiger charge is -2.38.